The van der Waals surface area contributed by atoms with E-state index in [-0.39, 0.29) is 0 Å². The van der Waals surface area contributed by atoms with Gasteiger partial charge in [0.05, 0.1) is 11.4 Å². The zero-order chi connectivity index (χ0) is 30.7. The van der Waals surface area contributed by atoms with Crippen LogP contribution >= 0.6 is 0 Å². The highest BCUT2D eigenvalue weighted by Gasteiger charge is 2.20. The summed E-state index contributed by atoms with van der Waals surface area (Å²) in [6.07, 6.45) is 0. The van der Waals surface area contributed by atoms with Crippen LogP contribution in [0, 0.1) is 0 Å². The number of fused-ring (bicyclic) bond motifs is 1. The second-order valence-corrected chi connectivity index (χ2v) is 11.4. The Balaban J connectivity index is 1.24. The molecule has 8 rings (SSSR count). The first-order valence-corrected chi connectivity index (χ1v) is 15.6. The van der Waals surface area contributed by atoms with Gasteiger partial charge in [0.1, 0.15) is 0 Å². The van der Waals surface area contributed by atoms with E-state index in [1.54, 1.807) is 0 Å². The third kappa shape index (κ3) is 5.38. The molecule has 0 aliphatic rings. The standard InChI is InChI=1S/C44H30N2/c1-5-13-31(14-6-1)37-25-27-40-30-38(26-28-39(40)29-37)32-21-23-35(24-22-32)43-41(33-15-7-2-8-16-33)42(34-17-9-3-10-18-34)45-44(46-43)36-19-11-4-12-20-36/h1-30H. The summed E-state index contributed by atoms with van der Waals surface area (Å²) in [5.74, 6) is 0.711. The molecule has 216 valence electrons. The quantitative estimate of drug-likeness (QED) is 0.194. The highest BCUT2D eigenvalue weighted by molar-refractivity contribution is 5.93. The lowest BCUT2D eigenvalue weighted by atomic mass is 9.93. The fourth-order valence-electron chi connectivity index (χ4n) is 6.13. The van der Waals surface area contributed by atoms with Crippen molar-refractivity contribution in [1.29, 1.82) is 0 Å². The van der Waals surface area contributed by atoms with Crippen LogP contribution in [0.3, 0.4) is 0 Å². The van der Waals surface area contributed by atoms with Crippen molar-refractivity contribution in [3.63, 3.8) is 0 Å². The van der Waals surface area contributed by atoms with Crippen molar-refractivity contribution < 1.29 is 0 Å². The first-order chi connectivity index (χ1) is 22.8. The van der Waals surface area contributed by atoms with Crippen molar-refractivity contribution in [3.8, 4) is 67.3 Å². The highest BCUT2D eigenvalue weighted by atomic mass is 14.9. The second-order valence-electron chi connectivity index (χ2n) is 11.4. The van der Waals surface area contributed by atoms with Gasteiger partial charge in [0.25, 0.3) is 0 Å². The number of nitrogens with zero attached hydrogens (tertiary/aromatic N) is 2. The van der Waals surface area contributed by atoms with Gasteiger partial charge in [-0.3, -0.25) is 0 Å². The van der Waals surface area contributed by atoms with E-state index in [0.717, 1.165) is 39.2 Å². The van der Waals surface area contributed by atoms with Crippen molar-refractivity contribution in [2.24, 2.45) is 0 Å². The molecule has 1 heterocycles. The van der Waals surface area contributed by atoms with E-state index >= 15 is 0 Å². The minimum Gasteiger partial charge on any atom is -0.227 e. The lowest BCUT2D eigenvalue weighted by molar-refractivity contribution is 1.18. The van der Waals surface area contributed by atoms with Crippen LogP contribution in [0.1, 0.15) is 0 Å². The normalized spacial score (nSPS) is 11.0. The van der Waals surface area contributed by atoms with Crippen LogP contribution in [-0.2, 0) is 0 Å². The molecule has 0 amide bonds. The van der Waals surface area contributed by atoms with E-state index in [2.05, 4.69) is 152 Å². The lowest BCUT2D eigenvalue weighted by Crippen LogP contribution is -2.00. The SMILES string of the molecule is c1ccc(-c2ccc3cc(-c4ccc(-c5nc(-c6ccccc6)nc(-c6ccccc6)c5-c5ccccc5)cc4)ccc3c2)cc1. The summed E-state index contributed by atoms with van der Waals surface area (Å²) in [6, 6.07) is 63.9. The summed E-state index contributed by atoms with van der Waals surface area (Å²) in [7, 11) is 0. The van der Waals surface area contributed by atoms with Gasteiger partial charge >= 0.3 is 0 Å². The van der Waals surface area contributed by atoms with Crippen molar-refractivity contribution >= 4 is 10.8 Å². The maximum Gasteiger partial charge on any atom is 0.160 e. The summed E-state index contributed by atoms with van der Waals surface area (Å²) in [6.45, 7) is 0. The maximum absolute atomic E-state index is 5.24. The van der Waals surface area contributed by atoms with E-state index in [1.165, 1.54) is 33.0 Å². The number of rotatable bonds is 6. The molecule has 0 bridgehead atoms. The van der Waals surface area contributed by atoms with Gasteiger partial charge in [-0.05, 0) is 50.7 Å². The van der Waals surface area contributed by atoms with Crippen molar-refractivity contribution in [1.82, 2.24) is 9.97 Å². The van der Waals surface area contributed by atoms with Gasteiger partial charge in [0, 0.05) is 22.3 Å². The Hall–Kier alpha value is -6.12. The van der Waals surface area contributed by atoms with Gasteiger partial charge in [-0.25, -0.2) is 9.97 Å². The topological polar surface area (TPSA) is 25.8 Å². The van der Waals surface area contributed by atoms with E-state index in [1.807, 2.05) is 30.3 Å². The van der Waals surface area contributed by atoms with Crippen LogP contribution in [0.2, 0.25) is 0 Å². The molecule has 7 aromatic carbocycles. The van der Waals surface area contributed by atoms with E-state index < -0.39 is 0 Å². The summed E-state index contributed by atoms with van der Waals surface area (Å²) in [5, 5.41) is 2.46. The molecule has 1 aromatic heterocycles. The van der Waals surface area contributed by atoms with E-state index in [9.17, 15) is 0 Å². The summed E-state index contributed by atoms with van der Waals surface area (Å²) >= 11 is 0. The first kappa shape index (κ1) is 27.4. The Labute approximate surface area is 269 Å². The summed E-state index contributed by atoms with van der Waals surface area (Å²) < 4.78 is 0. The molecule has 0 spiro atoms. The summed E-state index contributed by atoms with van der Waals surface area (Å²) in [5.41, 5.74) is 11.9. The van der Waals surface area contributed by atoms with Crippen LogP contribution < -0.4 is 0 Å². The van der Waals surface area contributed by atoms with Crippen LogP contribution in [0.4, 0.5) is 0 Å². The Morgan fingerprint density at radius 3 is 1.11 bits per heavy atom. The summed E-state index contributed by atoms with van der Waals surface area (Å²) in [4.78, 5) is 10.4. The van der Waals surface area contributed by atoms with Crippen molar-refractivity contribution in [2.45, 2.75) is 0 Å². The molecular weight excluding hydrogens is 556 g/mol. The smallest absolute Gasteiger partial charge is 0.160 e. The van der Waals surface area contributed by atoms with E-state index in [4.69, 9.17) is 9.97 Å². The third-order valence-electron chi connectivity index (χ3n) is 8.49. The zero-order valence-electron chi connectivity index (χ0n) is 25.2. The molecule has 46 heavy (non-hydrogen) atoms. The fourth-order valence-corrected chi connectivity index (χ4v) is 6.13. The van der Waals surface area contributed by atoms with E-state index in [0.29, 0.717) is 5.82 Å². The molecule has 0 aliphatic carbocycles. The van der Waals surface area contributed by atoms with Crippen molar-refractivity contribution in [3.05, 3.63) is 182 Å². The molecule has 2 heteroatoms. The van der Waals surface area contributed by atoms with Gasteiger partial charge in [-0.1, -0.05) is 170 Å². The Bertz CT molecular complexity index is 2260. The van der Waals surface area contributed by atoms with Crippen LogP contribution in [-0.4, -0.2) is 9.97 Å². The molecule has 0 saturated carbocycles. The second kappa shape index (κ2) is 12.1. The average Bonchev–Trinajstić information content (AvgIpc) is 3.15. The highest BCUT2D eigenvalue weighted by Crippen LogP contribution is 2.40. The molecule has 0 unspecified atom stereocenters. The molecule has 0 fully saturated rings. The maximum atomic E-state index is 5.24. The van der Waals surface area contributed by atoms with Gasteiger partial charge in [0.15, 0.2) is 5.82 Å². The zero-order valence-corrected chi connectivity index (χ0v) is 25.2. The molecule has 0 atom stereocenters. The lowest BCUT2D eigenvalue weighted by Gasteiger charge is -2.17. The third-order valence-corrected chi connectivity index (χ3v) is 8.49. The monoisotopic (exact) mass is 586 g/mol. The number of hydrogen-bond acceptors (Lipinski definition) is 2. The largest absolute Gasteiger partial charge is 0.227 e. The molecule has 0 saturated heterocycles. The number of benzene rings is 7. The van der Waals surface area contributed by atoms with Gasteiger partial charge in [0.2, 0.25) is 0 Å². The minimum absolute atomic E-state index is 0.711. The molecule has 2 nitrogen and oxygen atoms in total. The van der Waals surface area contributed by atoms with Crippen LogP contribution in [0.5, 0.6) is 0 Å². The molecule has 8 aromatic rings. The van der Waals surface area contributed by atoms with Gasteiger partial charge in [-0.15, -0.1) is 0 Å². The molecule has 0 aliphatic heterocycles. The Kier molecular flexibility index (Phi) is 7.22. The fraction of sp³-hybridized carbons (Fsp3) is 0. The number of hydrogen-bond donors (Lipinski definition) is 0. The predicted molar refractivity (Wildman–Crippen MR) is 192 cm³/mol. The molecular formula is C44H30N2. The number of aromatic nitrogens is 2. The minimum atomic E-state index is 0.711. The molecule has 0 radical (unpaired) electrons. The Morgan fingerprint density at radius 2 is 0.609 bits per heavy atom. The van der Waals surface area contributed by atoms with Crippen LogP contribution in [0.15, 0.2) is 182 Å². The average molecular weight is 587 g/mol. The van der Waals surface area contributed by atoms with Crippen LogP contribution in [0.25, 0.3) is 78.1 Å². The van der Waals surface area contributed by atoms with Crippen molar-refractivity contribution in [2.75, 3.05) is 0 Å². The van der Waals surface area contributed by atoms with Gasteiger partial charge < -0.3 is 0 Å². The Morgan fingerprint density at radius 1 is 0.261 bits per heavy atom. The first-order valence-electron chi connectivity index (χ1n) is 15.6. The predicted octanol–water partition coefficient (Wildman–Crippen LogP) is 11.6. The molecule has 0 N–H and O–H groups in total. The van der Waals surface area contributed by atoms with Gasteiger partial charge in [-0.2, -0.15) is 0 Å².